The van der Waals surface area contributed by atoms with E-state index >= 15 is 0 Å². The predicted molar refractivity (Wildman–Crippen MR) is 41.9 cm³/mol. The van der Waals surface area contributed by atoms with E-state index in [2.05, 4.69) is 5.43 Å². The first-order chi connectivity index (χ1) is 4.79. The van der Waals surface area contributed by atoms with Crippen LogP contribution in [-0.4, -0.2) is 19.1 Å². The molecule has 0 aliphatic carbocycles. The van der Waals surface area contributed by atoms with Crippen molar-refractivity contribution >= 4 is 5.69 Å². The Bertz CT molecular complexity index is 182. The van der Waals surface area contributed by atoms with E-state index in [0.29, 0.717) is 0 Å². The Morgan fingerprint density at radius 1 is 1.10 bits per heavy atom. The summed E-state index contributed by atoms with van der Waals surface area (Å²) in [6.45, 7) is 0. The number of benzene rings is 1. The standard InChI is InChI=1S/C8H11N2/c1-10(2)9-8-6-4-3-5-7-8/h3-7H,1-2H3. The maximum Gasteiger partial charge on any atom is 0.0776 e. The highest BCUT2D eigenvalue weighted by Crippen LogP contribution is 2.04. The first kappa shape index (κ1) is 7.09. The Hall–Kier alpha value is -1.02. The Labute approximate surface area is 61.4 Å². The third-order valence-electron chi connectivity index (χ3n) is 1.07. The molecule has 0 aliphatic heterocycles. The summed E-state index contributed by atoms with van der Waals surface area (Å²) >= 11 is 0. The second-order valence-electron chi connectivity index (χ2n) is 2.28. The molecular weight excluding hydrogens is 124 g/mol. The summed E-state index contributed by atoms with van der Waals surface area (Å²) in [5, 5.41) is 1.79. The molecule has 0 atom stereocenters. The van der Waals surface area contributed by atoms with E-state index in [1.807, 2.05) is 44.4 Å². The zero-order valence-electron chi connectivity index (χ0n) is 6.28. The van der Waals surface area contributed by atoms with Crippen LogP contribution in [0.2, 0.25) is 0 Å². The second-order valence-corrected chi connectivity index (χ2v) is 2.28. The molecule has 1 aromatic rings. The van der Waals surface area contributed by atoms with Crippen molar-refractivity contribution in [3.05, 3.63) is 30.3 Å². The van der Waals surface area contributed by atoms with Gasteiger partial charge in [-0.1, -0.05) is 18.2 Å². The minimum atomic E-state index is 0.993. The van der Waals surface area contributed by atoms with Crippen molar-refractivity contribution in [1.29, 1.82) is 0 Å². The van der Waals surface area contributed by atoms with Crippen LogP contribution in [0.25, 0.3) is 0 Å². The molecule has 1 radical (unpaired) electrons. The highest BCUT2D eigenvalue weighted by Gasteiger charge is 1.90. The summed E-state index contributed by atoms with van der Waals surface area (Å²) in [5.74, 6) is 0. The molecule has 0 N–H and O–H groups in total. The van der Waals surface area contributed by atoms with Gasteiger partial charge in [-0.3, -0.25) is 0 Å². The maximum absolute atomic E-state index is 4.19. The van der Waals surface area contributed by atoms with Gasteiger partial charge in [0.25, 0.3) is 0 Å². The molecule has 1 aromatic carbocycles. The molecule has 0 spiro atoms. The third-order valence-corrected chi connectivity index (χ3v) is 1.07. The number of hydrogen-bond donors (Lipinski definition) is 0. The summed E-state index contributed by atoms with van der Waals surface area (Å²) < 4.78 is 0. The normalized spacial score (nSPS) is 9.90. The van der Waals surface area contributed by atoms with E-state index in [4.69, 9.17) is 0 Å². The lowest BCUT2D eigenvalue weighted by Crippen LogP contribution is -2.18. The first-order valence-corrected chi connectivity index (χ1v) is 3.23. The molecule has 0 fully saturated rings. The minimum absolute atomic E-state index is 0.993. The molecule has 0 saturated heterocycles. The minimum Gasteiger partial charge on any atom is -0.206 e. The highest BCUT2D eigenvalue weighted by molar-refractivity contribution is 5.33. The van der Waals surface area contributed by atoms with Crippen molar-refractivity contribution in [2.24, 2.45) is 0 Å². The van der Waals surface area contributed by atoms with E-state index in [1.165, 1.54) is 0 Å². The van der Waals surface area contributed by atoms with Gasteiger partial charge in [-0.25, -0.2) is 10.4 Å². The largest absolute Gasteiger partial charge is 0.206 e. The smallest absolute Gasteiger partial charge is 0.0776 e. The first-order valence-electron chi connectivity index (χ1n) is 3.23. The average Bonchev–Trinajstić information content (AvgIpc) is 1.88. The van der Waals surface area contributed by atoms with Crippen molar-refractivity contribution in [2.45, 2.75) is 0 Å². The van der Waals surface area contributed by atoms with Crippen LogP contribution in [0.4, 0.5) is 5.69 Å². The Morgan fingerprint density at radius 3 is 2.20 bits per heavy atom. The van der Waals surface area contributed by atoms with E-state index in [1.54, 1.807) is 5.01 Å². The van der Waals surface area contributed by atoms with Gasteiger partial charge in [0.15, 0.2) is 0 Å². The van der Waals surface area contributed by atoms with E-state index in [-0.39, 0.29) is 0 Å². The Balaban J connectivity index is 2.59. The molecule has 0 amide bonds. The van der Waals surface area contributed by atoms with Crippen LogP contribution in [0.15, 0.2) is 30.3 Å². The van der Waals surface area contributed by atoms with Gasteiger partial charge >= 0.3 is 0 Å². The number of hydrogen-bond acceptors (Lipinski definition) is 1. The highest BCUT2D eigenvalue weighted by atomic mass is 15.5. The van der Waals surface area contributed by atoms with Gasteiger partial charge in [0.05, 0.1) is 5.69 Å². The number of rotatable bonds is 2. The van der Waals surface area contributed by atoms with E-state index in [0.717, 1.165) is 5.69 Å². The summed E-state index contributed by atoms with van der Waals surface area (Å²) in [6, 6.07) is 9.87. The van der Waals surface area contributed by atoms with Gasteiger partial charge in [-0.2, -0.15) is 0 Å². The average molecular weight is 135 g/mol. The van der Waals surface area contributed by atoms with E-state index < -0.39 is 0 Å². The molecule has 0 heterocycles. The van der Waals surface area contributed by atoms with Crippen LogP contribution in [0, 0.1) is 0 Å². The molecule has 0 unspecified atom stereocenters. The lowest BCUT2D eigenvalue weighted by Gasteiger charge is -2.07. The van der Waals surface area contributed by atoms with Crippen molar-refractivity contribution in [2.75, 3.05) is 14.1 Å². The molecule has 0 bridgehead atoms. The van der Waals surface area contributed by atoms with Crippen molar-refractivity contribution in [1.82, 2.24) is 10.4 Å². The molecule has 0 aliphatic rings. The summed E-state index contributed by atoms with van der Waals surface area (Å²) in [4.78, 5) is 0. The molecule has 53 valence electrons. The lowest BCUT2D eigenvalue weighted by molar-refractivity contribution is 0.339. The third kappa shape index (κ3) is 2.07. The lowest BCUT2D eigenvalue weighted by atomic mass is 10.3. The van der Waals surface area contributed by atoms with Crippen molar-refractivity contribution < 1.29 is 0 Å². The van der Waals surface area contributed by atoms with Crippen LogP contribution < -0.4 is 5.43 Å². The van der Waals surface area contributed by atoms with E-state index in [9.17, 15) is 0 Å². The number of nitrogens with zero attached hydrogens (tertiary/aromatic N) is 2. The maximum atomic E-state index is 4.19. The SMILES string of the molecule is CN(C)[N]c1ccccc1. The fraction of sp³-hybridized carbons (Fsp3) is 0.250. The molecule has 2 heteroatoms. The summed E-state index contributed by atoms with van der Waals surface area (Å²) in [6.07, 6.45) is 0. The van der Waals surface area contributed by atoms with Gasteiger partial charge in [-0.05, 0) is 12.1 Å². The predicted octanol–water partition coefficient (Wildman–Crippen LogP) is 1.40. The van der Waals surface area contributed by atoms with Crippen LogP contribution in [0.5, 0.6) is 0 Å². The molecular formula is C8H11N2. The van der Waals surface area contributed by atoms with Gasteiger partial charge in [0.2, 0.25) is 0 Å². The van der Waals surface area contributed by atoms with Gasteiger partial charge in [0.1, 0.15) is 0 Å². The van der Waals surface area contributed by atoms with Crippen LogP contribution in [0.1, 0.15) is 0 Å². The molecule has 10 heavy (non-hydrogen) atoms. The molecule has 2 nitrogen and oxygen atoms in total. The van der Waals surface area contributed by atoms with Crippen molar-refractivity contribution in [3.63, 3.8) is 0 Å². The monoisotopic (exact) mass is 135 g/mol. The fourth-order valence-electron chi connectivity index (χ4n) is 0.726. The summed E-state index contributed by atoms with van der Waals surface area (Å²) in [7, 11) is 3.82. The summed E-state index contributed by atoms with van der Waals surface area (Å²) in [5.41, 5.74) is 5.19. The fourth-order valence-corrected chi connectivity index (χ4v) is 0.726. The van der Waals surface area contributed by atoms with Gasteiger partial charge in [-0.15, -0.1) is 0 Å². The van der Waals surface area contributed by atoms with Gasteiger partial charge < -0.3 is 0 Å². The molecule has 0 saturated carbocycles. The quantitative estimate of drug-likeness (QED) is 0.560. The van der Waals surface area contributed by atoms with Crippen molar-refractivity contribution in [3.8, 4) is 0 Å². The van der Waals surface area contributed by atoms with Crippen LogP contribution >= 0.6 is 0 Å². The van der Waals surface area contributed by atoms with Crippen LogP contribution in [0.3, 0.4) is 0 Å². The Kier molecular flexibility index (Phi) is 2.29. The zero-order chi connectivity index (χ0) is 7.40. The Morgan fingerprint density at radius 2 is 1.70 bits per heavy atom. The van der Waals surface area contributed by atoms with Gasteiger partial charge in [0, 0.05) is 14.1 Å². The topological polar surface area (TPSA) is 17.3 Å². The zero-order valence-corrected chi connectivity index (χ0v) is 6.28. The van der Waals surface area contributed by atoms with Crippen LogP contribution in [-0.2, 0) is 0 Å². The molecule has 0 aromatic heterocycles. The molecule has 1 rings (SSSR count). The second kappa shape index (κ2) is 3.22.